The average Bonchev–Trinajstić information content (AvgIpc) is 2.67. The van der Waals surface area contributed by atoms with E-state index in [1.54, 1.807) is 36.4 Å². The highest BCUT2D eigenvalue weighted by Crippen LogP contribution is 2.26. The lowest BCUT2D eigenvalue weighted by atomic mass is 10.2. The van der Waals surface area contributed by atoms with Gasteiger partial charge in [0.15, 0.2) is 28.5 Å². The summed E-state index contributed by atoms with van der Waals surface area (Å²) in [5, 5.41) is 35.5. The number of fused-ring (bicyclic) bond motifs is 1. The van der Waals surface area contributed by atoms with Crippen LogP contribution in [0.3, 0.4) is 0 Å². The first-order valence-electron chi connectivity index (χ1n) is 8.09. The maximum absolute atomic E-state index is 10.1. The number of phenolic OH excluding ortho intramolecular Hbond substituents is 1. The van der Waals surface area contributed by atoms with Crippen LogP contribution < -0.4 is 16.0 Å². The first kappa shape index (κ1) is 17.9. The van der Waals surface area contributed by atoms with Gasteiger partial charge in [0.25, 0.3) is 0 Å². The number of rotatable bonds is 5. The molecule has 0 unspecified atom stereocenters. The van der Waals surface area contributed by atoms with Crippen LogP contribution in [0.25, 0.3) is 11.0 Å². The first-order valence-corrected chi connectivity index (χ1v) is 8.09. The van der Waals surface area contributed by atoms with Gasteiger partial charge in [-0.1, -0.05) is 12.1 Å². The Labute approximate surface area is 154 Å². The smallest absolute Gasteiger partial charge is 0.191 e. The van der Waals surface area contributed by atoms with E-state index in [-0.39, 0.29) is 22.8 Å². The molecule has 9 nitrogen and oxygen atoms in total. The van der Waals surface area contributed by atoms with E-state index in [1.807, 2.05) is 6.92 Å². The zero-order valence-corrected chi connectivity index (χ0v) is 14.5. The van der Waals surface area contributed by atoms with Crippen molar-refractivity contribution < 1.29 is 15.1 Å². The Kier molecular flexibility index (Phi) is 5.02. The van der Waals surface area contributed by atoms with Gasteiger partial charge in [-0.25, -0.2) is 4.98 Å². The van der Waals surface area contributed by atoms with E-state index in [9.17, 15) is 10.3 Å². The molecule has 0 aliphatic carbocycles. The molecule has 0 fully saturated rings. The van der Waals surface area contributed by atoms with E-state index < -0.39 is 0 Å². The highest BCUT2D eigenvalue weighted by molar-refractivity contribution is 5.97. The first-order chi connectivity index (χ1) is 13.0. The summed E-state index contributed by atoms with van der Waals surface area (Å²) in [7, 11) is 0. The molecule has 1 aromatic heterocycles. The summed E-state index contributed by atoms with van der Waals surface area (Å²) in [5.41, 5.74) is 7.09. The normalized spacial score (nSPS) is 12.0. The SMILES string of the molecule is CCOc1cc(C=NN=C(N)c2nc3ccccc3n(O)c2=N)ccc1O. The van der Waals surface area contributed by atoms with Crippen molar-refractivity contribution in [3.8, 4) is 11.5 Å². The molecule has 138 valence electrons. The summed E-state index contributed by atoms with van der Waals surface area (Å²) in [6.45, 7) is 2.23. The number of ether oxygens (including phenoxy) is 1. The van der Waals surface area contributed by atoms with Crippen LogP contribution in [0.4, 0.5) is 0 Å². The van der Waals surface area contributed by atoms with Gasteiger partial charge in [-0.2, -0.15) is 9.83 Å². The summed E-state index contributed by atoms with van der Waals surface area (Å²) in [5.74, 6) is 0.252. The molecule has 5 N–H and O–H groups in total. The van der Waals surface area contributed by atoms with Gasteiger partial charge in [-0.3, -0.25) is 5.41 Å². The van der Waals surface area contributed by atoms with Gasteiger partial charge >= 0.3 is 0 Å². The van der Waals surface area contributed by atoms with Crippen molar-refractivity contribution in [2.75, 3.05) is 6.61 Å². The quantitative estimate of drug-likeness (QED) is 0.235. The molecular weight excluding hydrogens is 348 g/mol. The van der Waals surface area contributed by atoms with E-state index in [2.05, 4.69) is 15.2 Å². The fraction of sp³-hybridized carbons (Fsp3) is 0.111. The number of phenols is 1. The molecule has 0 amide bonds. The molecule has 0 aliphatic rings. The minimum atomic E-state index is -0.298. The molecule has 27 heavy (non-hydrogen) atoms. The number of aromatic nitrogens is 2. The summed E-state index contributed by atoms with van der Waals surface area (Å²) >= 11 is 0. The van der Waals surface area contributed by atoms with Gasteiger partial charge < -0.3 is 20.8 Å². The van der Waals surface area contributed by atoms with Crippen molar-refractivity contribution in [2.45, 2.75) is 6.92 Å². The van der Waals surface area contributed by atoms with E-state index in [0.29, 0.717) is 33.7 Å². The predicted molar refractivity (Wildman–Crippen MR) is 100 cm³/mol. The second-order valence-corrected chi connectivity index (χ2v) is 5.50. The number of para-hydroxylation sites is 2. The molecule has 3 rings (SSSR count). The van der Waals surface area contributed by atoms with Gasteiger partial charge in [-0.15, -0.1) is 5.10 Å². The lowest BCUT2D eigenvalue weighted by molar-refractivity contribution is 0.183. The van der Waals surface area contributed by atoms with E-state index in [1.165, 1.54) is 12.3 Å². The maximum Gasteiger partial charge on any atom is 0.191 e. The van der Waals surface area contributed by atoms with Crippen molar-refractivity contribution in [1.29, 1.82) is 5.41 Å². The summed E-state index contributed by atoms with van der Waals surface area (Å²) in [6.07, 6.45) is 1.42. The third kappa shape index (κ3) is 3.71. The van der Waals surface area contributed by atoms with Crippen LogP contribution in [0.15, 0.2) is 52.7 Å². The van der Waals surface area contributed by atoms with Crippen LogP contribution in [0.1, 0.15) is 18.2 Å². The molecule has 1 heterocycles. The van der Waals surface area contributed by atoms with Gasteiger partial charge in [-0.05, 0) is 42.8 Å². The minimum Gasteiger partial charge on any atom is -0.504 e. The molecular formula is C18H18N6O3. The molecule has 3 aromatic rings. The third-order valence-corrected chi connectivity index (χ3v) is 3.68. The monoisotopic (exact) mass is 366 g/mol. The summed E-state index contributed by atoms with van der Waals surface area (Å²) in [6, 6.07) is 11.5. The molecule has 0 saturated heterocycles. The lowest BCUT2D eigenvalue weighted by Crippen LogP contribution is -2.31. The predicted octanol–water partition coefficient (Wildman–Crippen LogP) is 1.60. The highest BCUT2D eigenvalue weighted by atomic mass is 16.5. The largest absolute Gasteiger partial charge is 0.504 e. The zero-order chi connectivity index (χ0) is 19.4. The third-order valence-electron chi connectivity index (χ3n) is 3.68. The molecule has 0 atom stereocenters. The van der Waals surface area contributed by atoms with Crippen molar-refractivity contribution >= 4 is 23.1 Å². The fourth-order valence-electron chi connectivity index (χ4n) is 2.40. The van der Waals surface area contributed by atoms with Crippen molar-refractivity contribution in [3.05, 3.63) is 59.2 Å². The lowest BCUT2D eigenvalue weighted by Gasteiger charge is -2.07. The second kappa shape index (κ2) is 7.56. The van der Waals surface area contributed by atoms with Crippen molar-refractivity contribution in [1.82, 2.24) is 9.71 Å². The highest BCUT2D eigenvalue weighted by Gasteiger charge is 2.10. The van der Waals surface area contributed by atoms with E-state index >= 15 is 0 Å². The summed E-state index contributed by atoms with van der Waals surface area (Å²) in [4.78, 5) is 4.26. The number of amidine groups is 1. The number of nitrogens with two attached hydrogens (primary N) is 1. The maximum atomic E-state index is 10.1. The number of aromatic hydroxyl groups is 1. The second-order valence-electron chi connectivity index (χ2n) is 5.50. The molecule has 2 aromatic carbocycles. The van der Waals surface area contributed by atoms with Crippen LogP contribution in [-0.4, -0.2) is 38.7 Å². The van der Waals surface area contributed by atoms with Gasteiger partial charge in [0.1, 0.15) is 5.52 Å². The number of benzene rings is 2. The Hall–Kier alpha value is -3.88. The van der Waals surface area contributed by atoms with Crippen molar-refractivity contribution in [2.24, 2.45) is 15.9 Å². The molecule has 0 bridgehead atoms. The number of hydrogen-bond acceptors (Lipinski definition) is 7. The van der Waals surface area contributed by atoms with Crippen LogP contribution in [-0.2, 0) is 0 Å². The minimum absolute atomic E-state index is 0.00839. The summed E-state index contributed by atoms with van der Waals surface area (Å²) < 4.78 is 6.00. The van der Waals surface area contributed by atoms with Gasteiger partial charge in [0, 0.05) is 0 Å². The Morgan fingerprint density at radius 3 is 2.89 bits per heavy atom. The Morgan fingerprint density at radius 1 is 1.33 bits per heavy atom. The molecule has 0 saturated carbocycles. The van der Waals surface area contributed by atoms with E-state index in [4.69, 9.17) is 15.9 Å². The van der Waals surface area contributed by atoms with Gasteiger partial charge in [0.05, 0.1) is 18.3 Å². The number of nitrogens with zero attached hydrogens (tertiary/aromatic N) is 4. The van der Waals surface area contributed by atoms with Crippen LogP contribution >= 0.6 is 0 Å². The average molecular weight is 366 g/mol. The number of hydrogen-bond donors (Lipinski definition) is 4. The Balaban J connectivity index is 1.91. The van der Waals surface area contributed by atoms with Gasteiger partial charge in [0.2, 0.25) is 0 Å². The zero-order valence-electron chi connectivity index (χ0n) is 14.5. The number of nitrogens with one attached hydrogen (secondary N) is 1. The molecule has 0 aliphatic heterocycles. The standard InChI is InChI=1S/C18H18N6O3/c1-2-27-15-9-11(7-8-14(15)25)10-21-23-17(19)16-18(20)24(26)13-6-4-3-5-12(13)22-16/h3-10,20,25-26H,2H2,1H3,(H2,19,23). The van der Waals surface area contributed by atoms with Crippen LogP contribution in [0.2, 0.25) is 0 Å². The van der Waals surface area contributed by atoms with Crippen molar-refractivity contribution in [3.63, 3.8) is 0 Å². The fourth-order valence-corrected chi connectivity index (χ4v) is 2.40. The Bertz CT molecular complexity index is 1100. The molecule has 0 radical (unpaired) electrons. The van der Waals surface area contributed by atoms with Crippen LogP contribution in [0, 0.1) is 5.41 Å². The molecule has 0 spiro atoms. The van der Waals surface area contributed by atoms with Crippen LogP contribution in [0.5, 0.6) is 11.5 Å². The topological polar surface area (TPSA) is 142 Å². The molecule has 9 heteroatoms. The Morgan fingerprint density at radius 2 is 2.11 bits per heavy atom. The van der Waals surface area contributed by atoms with E-state index in [0.717, 1.165) is 0 Å².